The van der Waals surface area contributed by atoms with Gasteiger partial charge in [-0.05, 0) is 32.9 Å². The molecule has 1 amide bonds. The number of hydrogen-bond donors (Lipinski definition) is 1. The zero-order valence-corrected chi connectivity index (χ0v) is 9.58. The van der Waals surface area contributed by atoms with Gasteiger partial charge in [0.15, 0.2) is 0 Å². The van der Waals surface area contributed by atoms with E-state index < -0.39 is 11.6 Å². The molecule has 86 valence electrons. The molecule has 0 atom stereocenters. The Labute approximate surface area is 94.4 Å². The van der Waals surface area contributed by atoms with Crippen molar-refractivity contribution in [2.45, 2.75) is 26.3 Å². The van der Waals surface area contributed by atoms with Gasteiger partial charge in [0.05, 0.1) is 17.4 Å². The van der Waals surface area contributed by atoms with Crippen LogP contribution in [-0.4, -0.2) is 32.9 Å². The molecular weight excluding hydrogens is 206 g/mol. The van der Waals surface area contributed by atoms with Gasteiger partial charge in [-0.1, -0.05) is 6.07 Å². The number of carboxylic acid groups (broad SMARTS) is 1. The van der Waals surface area contributed by atoms with Crippen molar-refractivity contribution >= 4 is 12.3 Å². The summed E-state index contributed by atoms with van der Waals surface area (Å²) in [6, 6.07) is 5.36. The number of hydrazone groups is 1. The number of carbonyl (C=O) groups is 1. The first-order valence-corrected chi connectivity index (χ1v) is 4.89. The van der Waals surface area contributed by atoms with E-state index in [1.165, 1.54) is 6.21 Å². The number of pyridine rings is 1. The fourth-order valence-electron chi connectivity index (χ4n) is 1.08. The summed E-state index contributed by atoms with van der Waals surface area (Å²) in [7, 11) is 0. The fraction of sp³-hybridized carbons (Fsp3) is 0.364. The monoisotopic (exact) mass is 221 g/mol. The van der Waals surface area contributed by atoms with Gasteiger partial charge in [0.2, 0.25) is 0 Å². The van der Waals surface area contributed by atoms with Crippen molar-refractivity contribution in [3.63, 3.8) is 0 Å². The molecule has 0 bridgehead atoms. The lowest BCUT2D eigenvalue weighted by molar-refractivity contribution is 0.103. The van der Waals surface area contributed by atoms with Crippen molar-refractivity contribution < 1.29 is 9.90 Å². The molecule has 0 aromatic carbocycles. The Kier molecular flexibility index (Phi) is 3.60. The van der Waals surface area contributed by atoms with Crippen LogP contribution in [0.5, 0.6) is 0 Å². The van der Waals surface area contributed by atoms with E-state index in [-0.39, 0.29) is 0 Å². The number of nitrogens with zero attached hydrogens (tertiary/aromatic N) is 3. The molecule has 0 aliphatic heterocycles. The molecule has 1 N–H and O–H groups in total. The van der Waals surface area contributed by atoms with E-state index in [9.17, 15) is 4.79 Å². The first kappa shape index (κ1) is 12.2. The first-order chi connectivity index (χ1) is 7.41. The Balaban J connectivity index is 2.85. The highest BCUT2D eigenvalue weighted by atomic mass is 16.4. The smallest absolute Gasteiger partial charge is 0.428 e. The van der Waals surface area contributed by atoms with Gasteiger partial charge in [-0.15, -0.1) is 0 Å². The zero-order valence-electron chi connectivity index (χ0n) is 9.58. The minimum atomic E-state index is -1.08. The minimum Gasteiger partial charge on any atom is -0.464 e. The summed E-state index contributed by atoms with van der Waals surface area (Å²) in [6.45, 7) is 5.32. The third-order valence-electron chi connectivity index (χ3n) is 1.81. The Morgan fingerprint density at radius 3 is 2.62 bits per heavy atom. The molecule has 0 aliphatic rings. The van der Waals surface area contributed by atoms with Crippen molar-refractivity contribution in [2.24, 2.45) is 5.10 Å². The van der Waals surface area contributed by atoms with Gasteiger partial charge in [-0.25, -0.2) is 4.79 Å². The van der Waals surface area contributed by atoms with Crippen LogP contribution < -0.4 is 0 Å². The summed E-state index contributed by atoms with van der Waals surface area (Å²) in [6.07, 6.45) is 1.97. The SMILES string of the molecule is CC(C)(C)N(/N=C/c1ccccn1)C(=O)O. The Hall–Kier alpha value is -1.91. The molecular formula is C11H15N3O2. The predicted octanol–water partition coefficient (Wildman–Crippen LogP) is 2.19. The second-order valence-corrected chi connectivity index (χ2v) is 4.26. The summed E-state index contributed by atoms with van der Waals surface area (Å²) in [5.74, 6) is 0. The Morgan fingerprint density at radius 2 is 2.19 bits per heavy atom. The van der Waals surface area contributed by atoms with E-state index in [4.69, 9.17) is 5.11 Å². The van der Waals surface area contributed by atoms with Crippen LogP contribution in [0.15, 0.2) is 29.5 Å². The van der Waals surface area contributed by atoms with E-state index in [1.54, 1.807) is 39.1 Å². The molecule has 0 aliphatic carbocycles. The second-order valence-electron chi connectivity index (χ2n) is 4.26. The molecule has 0 spiro atoms. The van der Waals surface area contributed by atoms with Crippen LogP contribution in [-0.2, 0) is 0 Å². The summed E-state index contributed by atoms with van der Waals surface area (Å²) >= 11 is 0. The third-order valence-corrected chi connectivity index (χ3v) is 1.81. The molecule has 5 nitrogen and oxygen atoms in total. The normalized spacial score (nSPS) is 11.7. The van der Waals surface area contributed by atoms with Crippen molar-refractivity contribution in [3.8, 4) is 0 Å². The molecule has 0 radical (unpaired) electrons. The lowest BCUT2D eigenvalue weighted by atomic mass is 10.1. The van der Waals surface area contributed by atoms with E-state index in [1.807, 2.05) is 6.07 Å². The molecule has 1 rings (SSSR count). The van der Waals surface area contributed by atoms with Gasteiger partial charge >= 0.3 is 6.09 Å². The van der Waals surface area contributed by atoms with Crippen LogP contribution in [0.3, 0.4) is 0 Å². The number of rotatable bonds is 2. The quantitative estimate of drug-likeness (QED) is 0.615. The number of hydrogen-bond acceptors (Lipinski definition) is 3. The molecule has 0 saturated heterocycles. The third kappa shape index (κ3) is 3.34. The lowest BCUT2D eigenvalue weighted by Crippen LogP contribution is -2.41. The summed E-state index contributed by atoms with van der Waals surface area (Å²) in [5, 5.41) is 13.9. The molecule has 1 aromatic heterocycles. The highest BCUT2D eigenvalue weighted by molar-refractivity contribution is 5.78. The minimum absolute atomic E-state index is 0.572. The van der Waals surface area contributed by atoms with Crippen molar-refractivity contribution in [3.05, 3.63) is 30.1 Å². The number of aromatic nitrogens is 1. The molecule has 1 heterocycles. The van der Waals surface area contributed by atoms with E-state index in [0.29, 0.717) is 5.69 Å². The number of amides is 1. The first-order valence-electron chi connectivity index (χ1n) is 4.89. The highest BCUT2D eigenvalue weighted by Crippen LogP contribution is 2.13. The molecule has 0 unspecified atom stereocenters. The molecule has 5 heteroatoms. The van der Waals surface area contributed by atoms with Gasteiger partial charge in [-0.3, -0.25) is 4.98 Å². The average Bonchev–Trinajstić information content (AvgIpc) is 2.17. The van der Waals surface area contributed by atoms with Crippen LogP contribution in [0, 0.1) is 0 Å². The van der Waals surface area contributed by atoms with Crippen LogP contribution >= 0.6 is 0 Å². The maximum atomic E-state index is 11.0. The predicted molar refractivity (Wildman–Crippen MR) is 61.4 cm³/mol. The molecule has 0 fully saturated rings. The molecule has 1 aromatic rings. The summed E-state index contributed by atoms with van der Waals surface area (Å²) < 4.78 is 0. The molecule has 16 heavy (non-hydrogen) atoms. The van der Waals surface area contributed by atoms with Crippen molar-refractivity contribution in [2.75, 3.05) is 0 Å². The van der Waals surface area contributed by atoms with Crippen molar-refractivity contribution in [1.82, 2.24) is 9.99 Å². The fourth-order valence-corrected chi connectivity index (χ4v) is 1.08. The van der Waals surface area contributed by atoms with Crippen LogP contribution in [0.1, 0.15) is 26.5 Å². The maximum absolute atomic E-state index is 11.0. The van der Waals surface area contributed by atoms with Crippen LogP contribution in [0.2, 0.25) is 0 Å². The van der Waals surface area contributed by atoms with Crippen LogP contribution in [0.25, 0.3) is 0 Å². The average molecular weight is 221 g/mol. The summed E-state index contributed by atoms with van der Waals surface area (Å²) in [4.78, 5) is 15.0. The van der Waals surface area contributed by atoms with Gasteiger partial charge < -0.3 is 5.11 Å². The van der Waals surface area contributed by atoms with E-state index in [2.05, 4.69) is 10.1 Å². The zero-order chi connectivity index (χ0) is 12.2. The Morgan fingerprint density at radius 1 is 1.50 bits per heavy atom. The highest BCUT2D eigenvalue weighted by Gasteiger charge is 2.25. The second kappa shape index (κ2) is 4.74. The maximum Gasteiger partial charge on any atom is 0.428 e. The topological polar surface area (TPSA) is 65.8 Å². The van der Waals surface area contributed by atoms with Gasteiger partial charge in [0.1, 0.15) is 0 Å². The standard InChI is InChI=1S/C11H15N3O2/c1-11(2,3)14(10(15)16)13-8-9-6-4-5-7-12-9/h4-8H,1-3H3,(H,15,16)/b13-8+. The lowest BCUT2D eigenvalue weighted by Gasteiger charge is -2.27. The van der Waals surface area contributed by atoms with Crippen molar-refractivity contribution in [1.29, 1.82) is 0 Å². The van der Waals surface area contributed by atoms with Crippen LogP contribution in [0.4, 0.5) is 4.79 Å². The largest absolute Gasteiger partial charge is 0.464 e. The summed E-state index contributed by atoms with van der Waals surface area (Å²) in [5.41, 5.74) is 0.0508. The molecule has 0 saturated carbocycles. The van der Waals surface area contributed by atoms with Gasteiger partial charge in [0.25, 0.3) is 0 Å². The van der Waals surface area contributed by atoms with Gasteiger partial charge in [0, 0.05) is 6.20 Å². The van der Waals surface area contributed by atoms with Gasteiger partial charge in [-0.2, -0.15) is 10.1 Å². The van der Waals surface area contributed by atoms with E-state index >= 15 is 0 Å². The van der Waals surface area contributed by atoms with E-state index in [0.717, 1.165) is 5.01 Å². The Bertz CT molecular complexity index is 382.